The highest BCUT2D eigenvalue weighted by atomic mass is 19.1. The molecule has 1 aromatic heterocycles. The van der Waals surface area contributed by atoms with E-state index in [0.717, 1.165) is 11.1 Å². The number of nitrogens with zero attached hydrogens (tertiary/aromatic N) is 2. The van der Waals surface area contributed by atoms with Crippen LogP contribution in [0, 0.1) is 5.82 Å². The Morgan fingerprint density at radius 2 is 1.82 bits per heavy atom. The molecule has 0 spiro atoms. The van der Waals surface area contributed by atoms with Crippen molar-refractivity contribution >= 4 is 17.7 Å². The monoisotopic (exact) mass is 461 g/mol. The molecule has 2 aromatic carbocycles. The van der Waals surface area contributed by atoms with Crippen LogP contribution in [0.15, 0.2) is 73.1 Å². The summed E-state index contributed by atoms with van der Waals surface area (Å²) in [7, 11) is 0. The summed E-state index contributed by atoms with van der Waals surface area (Å²) in [6.45, 7) is 0.386. The van der Waals surface area contributed by atoms with Crippen molar-refractivity contribution in [1.29, 1.82) is 0 Å². The van der Waals surface area contributed by atoms with Crippen molar-refractivity contribution in [2.24, 2.45) is 0 Å². The molecule has 0 bridgehead atoms. The second kappa shape index (κ2) is 9.23. The molecule has 2 saturated heterocycles. The van der Waals surface area contributed by atoms with Gasteiger partial charge in [-0.3, -0.25) is 14.2 Å². The molecule has 7 nitrogen and oxygen atoms in total. The number of amides is 2. The molecule has 0 aliphatic carbocycles. The lowest BCUT2D eigenvalue weighted by molar-refractivity contribution is -0.138. The number of hydrogen-bond donors (Lipinski definition) is 1. The Morgan fingerprint density at radius 3 is 2.59 bits per heavy atom. The molecule has 174 valence electrons. The van der Waals surface area contributed by atoms with E-state index < -0.39 is 18.1 Å². The molecule has 3 unspecified atom stereocenters. The topological polar surface area (TPSA) is 80.6 Å². The third-order valence-electron chi connectivity index (χ3n) is 6.38. The van der Waals surface area contributed by atoms with Gasteiger partial charge in [-0.05, 0) is 41.3 Å². The van der Waals surface area contributed by atoms with Gasteiger partial charge in [0.05, 0.1) is 6.10 Å². The van der Waals surface area contributed by atoms with Crippen LogP contribution < -0.4 is 5.32 Å². The molecule has 8 heteroatoms. The van der Waals surface area contributed by atoms with Crippen LogP contribution in [0.2, 0.25) is 0 Å². The Kier molecular flexibility index (Phi) is 5.98. The summed E-state index contributed by atoms with van der Waals surface area (Å²) in [4.78, 5) is 40.4. The van der Waals surface area contributed by atoms with Gasteiger partial charge in [0, 0.05) is 25.4 Å². The van der Waals surface area contributed by atoms with E-state index in [1.165, 1.54) is 21.6 Å². The molecule has 2 amide bonds. The van der Waals surface area contributed by atoms with Crippen LogP contribution in [0.3, 0.4) is 0 Å². The molecule has 0 radical (unpaired) electrons. The van der Waals surface area contributed by atoms with Gasteiger partial charge in [0.2, 0.25) is 5.91 Å². The number of ether oxygens (including phenoxy) is 1. The van der Waals surface area contributed by atoms with Crippen molar-refractivity contribution in [3.05, 3.63) is 84.4 Å². The fraction of sp³-hybridized carbons (Fsp3) is 0.269. The van der Waals surface area contributed by atoms with Crippen molar-refractivity contribution in [3.63, 3.8) is 0 Å². The molecule has 2 aliphatic heterocycles. The van der Waals surface area contributed by atoms with Crippen molar-refractivity contribution in [1.82, 2.24) is 14.8 Å². The second-order valence-corrected chi connectivity index (χ2v) is 8.59. The van der Waals surface area contributed by atoms with Crippen LogP contribution in [0.4, 0.5) is 9.18 Å². The standard InChI is InChI=1S/C26H24FN3O4/c27-20-8-6-17(7-9-20)14-21(25(32)30-13-11-23-24(30)22(31)16-34-23)28-26(33)29-12-10-19(15-29)18-4-2-1-3-5-18/h1-10,12,15,21,23-24H,11,13-14,16H2,(H,28,33). The molecule has 0 saturated carbocycles. The SMILES string of the molecule is O=C1COC2CCN(C(=O)C(Cc3ccc(F)cc3)NC(=O)n3ccc(-c4ccccc4)c3)C12. The molecular formula is C26H24FN3O4. The van der Waals surface area contributed by atoms with Gasteiger partial charge >= 0.3 is 6.03 Å². The minimum absolute atomic E-state index is 0.000267. The number of nitrogens with one attached hydrogen (secondary N) is 1. The zero-order valence-electron chi connectivity index (χ0n) is 18.4. The summed E-state index contributed by atoms with van der Waals surface area (Å²) < 4.78 is 20.3. The zero-order chi connectivity index (χ0) is 23.7. The number of Topliss-reactive ketones (excluding diaryl/α,β-unsaturated/α-hetero) is 1. The highest BCUT2D eigenvalue weighted by molar-refractivity contribution is 5.95. The van der Waals surface area contributed by atoms with E-state index in [2.05, 4.69) is 5.32 Å². The number of halogens is 1. The Bertz CT molecular complexity index is 1210. The fourth-order valence-electron chi connectivity index (χ4n) is 4.65. The zero-order valence-corrected chi connectivity index (χ0v) is 18.4. The van der Waals surface area contributed by atoms with E-state index in [1.54, 1.807) is 24.5 Å². The minimum Gasteiger partial charge on any atom is -0.368 e. The summed E-state index contributed by atoms with van der Waals surface area (Å²) in [5.41, 5.74) is 2.53. The number of hydrogen-bond acceptors (Lipinski definition) is 4. The van der Waals surface area contributed by atoms with Gasteiger partial charge in [0.25, 0.3) is 0 Å². The van der Waals surface area contributed by atoms with Crippen molar-refractivity contribution in [2.75, 3.05) is 13.2 Å². The lowest BCUT2D eigenvalue weighted by Crippen LogP contribution is -2.53. The number of fused-ring (bicyclic) bond motifs is 1. The van der Waals surface area contributed by atoms with Crippen molar-refractivity contribution in [3.8, 4) is 11.1 Å². The lowest BCUT2D eigenvalue weighted by Gasteiger charge is -2.27. The van der Waals surface area contributed by atoms with Crippen LogP contribution in [0.5, 0.6) is 0 Å². The van der Waals surface area contributed by atoms with E-state index in [0.29, 0.717) is 18.5 Å². The molecule has 34 heavy (non-hydrogen) atoms. The first-order valence-electron chi connectivity index (χ1n) is 11.2. The molecular weight excluding hydrogens is 437 g/mol. The third kappa shape index (κ3) is 4.36. The van der Waals surface area contributed by atoms with Crippen LogP contribution >= 0.6 is 0 Å². The predicted molar refractivity (Wildman–Crippen MR) is 123 cm³/mol. The van der Waals surface area contributed by atoms with E-state index >= 15 is 0 Å². The average molecular weight is 461 g/mol. The maximum absolute atomic E-state index is 13.5. The fourth-order valence-corrected chi connectivity index (χ4v) is 4.65. The molecule has 3 atom stereocenters. The van der Waals surface area contributed by atoms with E-state index in [4.69, 9.17) is 4.74 Å². The van der Waals surface area contributed by atoms with Gasteiger partial charge in [-0.15, -0.1) is 0 Å². The number of benzene rings is 2. The van der Waals surface area contributed by atoms with Gasteiger partial charge in [-0.2, -0.15) is 0 Å². The Balaban J connectivity index is 1.37. The molecule has 3 aromatic rings. The van der Waals surface area contributed by atoms with E-state index in [-0.39, 0.29) is 36.6 Å². The second-order valence-electron chi connectivity index (χ2n) is 8.59. The van der Waals surface area contributed by atoms with Crippen molar-refractivity contribution < 1.29 is 23.5 Å². The van der Waals surface area contributed by atoms with Crippen LogP contribution in [-0.4, -0.2) is 58.5 Å². The predicted octanol–water partition coefficient (Wildman–Crippen LogP) is 3.03. The van der Waals surface area contributed by atoms with E-state index in [1.807, 2.05) is 36.4 Å². The summed E-state index contributed by atoms with van der Waals surface area (Å²) >= 11 is 0. The largest absolute Gasteiger partial charge is 0.368 e. The third-order valence-corrected chi connectivity index (χ3v) is 6.38. The summed E-state index contributed by atoms with van der Waals surface area (Å²) in [5.74, 6) is -0.854. The molecule has 1 N–H and O–H groups in total. The number of ketones is 1. The van der Waals surface area contributed by atoms with Crippen LogP contribution in [-0.2, 0) is 20.7 Å². The van der Waals surface area contributed by atoms with Gasteiger partial charge in [0.15, 0.2) is 5.78 Å². The first kappa shape index (κ1) is 22.0. The van der Waals surface area contributed by atoms with E-state index in [9.17, 15) is 18.8 Å². The number of likely N-dealkylation sites (tertiary alicyclic amines) is 1. The maximum atomic E-state index is 13.5. The lowest BCUT2D eigenvalue weighted by atomic mass is 10.0. The number of aromatic nitrogens is 1. The number of carbonyl (C=O) groups is 3. The minimum atomic E-state index is -0.923. The number of carbonyl (C=O) groups excluding carboxylic acids is 3. The summed E-state index contributed by atoms with van der Waals surface area (Å²) in [6, 6.07) is 15.3. The molecule has 2 fully saturated rings. The van der Waals surface area contributed by atoms with Gasteiger partial charge in [-0.1, -0.05) is 42.5 Å². The van der Waals surface area contributed by atoms with Crippen LogP contribution in [0.25, 0.3) is 11.1 Å². The Hall–Kier alpha value is -3.78. The maximum Gasteiger partial charge on any atom is 0.326 e. The van der Waals surface area contributed by atoms with Crippen molar-refractivity contribution in [2.45, 2.75) is 31.0 Å². The smallest absolute Gasteiger partial charge is 0.326 e. The van der Waals surface area contributed by atoms with Gasteiger partial charge in [-0.25, -0.2) is 9.18 Å². The molecule has 5 rings (SSSR count). The number of rotatable bonds is 5. The van der Waals surface area contributed by atoms with Gasteiger partial charge < -0.3 is 15.0 Å². The highest BCUT2D eigenvalue weighted by Gasteiger charge is 2.48. The first-order chi connectivity index (χ1) is 16.5. The quantitative estimate of drug-likeness (QED) is 0.634. The molecule has 2 aliphatic rings. The first-order valence-corrected chi connectivity index (χ1v) is 11.2. The highest BCUT2D eigenvalue weighted by Crippen LogP contribution is 2.28. The Labute approximate surface area is 196 Å². The van der Waals surface area contributed by atoms with Gasteiger partial charge in [0.1, 0.15) is 24.5 Å². The Morgan fingerprint density at radius 1 is 1.06 bits per heavy atom. The van der Waals surface area contributed by atoms with Crippen LogP contribution in [0.1, 0.15) is 12.0 Å². The summed E-state index contributed by atoms with van der Waals surface area (Å²) in [5, 5.41) is 2.82. The summed E-state index contributed by atoms with van der Waals surface area (Å²) in [6.07, 6.45) is 3.79. The average Bonchev–Trinajstić information content (AvgIpc) is 3.58. The normalized spacial score (nSPS) is 20.3. The molecule has 3 heterocycles.